The quantitative estimate of drug-likeness (QED) is 0.914. The maximum absolute atomic E-state index is 12.8. The molecule has 0 aliphatic carbocycles. The number of rotatable bonds is 3. The largest absolute Gasteiger partial charge is 0.357 e. The second-order valence-corrected chi connectivity index (χ2v) is 6.83. The van der Waals surface area contributed by atoms with Gasteiger partial charge in [0.2, 0.25) is 5.91 Å². The summed E-state index contributed by atoms with van der Waals surface area (Å²) in [5.41, 5.74) is 0.622. The third-order valence-corrected chi connectivity index (χ3v) is 5.22. The number of hydrogen-bond donors (Lipinski definition) is 1. The van der Waals surface area contributed by atoms with Crippen LogP contribution >= 0.6 is 0 Å². The highest BCUT2D eigenvalue weighted by Crippen LogP contribution is 2.15. The van der Waals surface area contributed by atoms with Crippen LogP contribution in [0.5, 0.6) is 0 Å². The first-order valence-corrected chi connectivity index (χ1v) is 9.12. The number of amides is 2. The SMILES string of the molecule is CC(C(=O)N1CCCN(C(=O)c2ccc[nH]2)CC1)N1CCCCC1. The zero-order chi connectivity index (χ0) is 16.9. The fraction of sp³-hybridized carbons (Fsp3) is 0.667. The molecule has 2 aliphatic rings. The number of nitrogens with zero attached hydrogens (tertiary/aromatic N) is 3. The highest BCUT2D eigenvalue weighted by molar-refractivity contribution is 5.92. The molecule has 6 heteroatoms. The van der Waals surface area contributed by atoms with Crippen LogP contribution in [-0.4, -0.2) is 76.8 Å². The van der Waals surface area contributed by atoms with Crippen molar-refractivity contribution in [2.24, 2.45) is 0 Å². The molecule has 3 rings (SSSR count). The molecule has 2 amide bonds. The van der Waals surface area contributed by atoms with Gasteiger partial charge in [0.05, 0.1) is 6.04 Å². The van der Waals surface area contributed by atoms with E-state index in [0.29, 0.717) is 25.3 Å². The van der Waals surface area contributed by atoms with Crippen LogP contribution in [-0.2, 0) is 4.79 Å². The van der Waals surface area contributed by atoms with Gasteiger partial charge in [-0.1, -0.05) is 6.42 Å². The maximum Gasteiger partial charge on any atom is 0.270 e. The molecule has 0 saturated carbocycles. The highest BCUT2D eigenvalue weighted by Gasteiger charge is 2.29. The summed E-state index contributed by atoms with van der Waals surface area (Å²) in [6.45, 7) is 6.77. The number of likely N-dealkylation sites (tertiary alicyclic amines) is 1. The molecule has 0 spiro atoms. The van der Waals surface area contributed by atoms with Gasteiger partial charge < -0.3 is 14.8 Å². The lowest BCUT2D eigenvalue weighted by Crippen LogP contribution is -2.49. The summed E-state index contributed by atoms with van der Waals surface area (Å²) in [5, 5.41) is 0. The van der Waals surface area contributed by atoms with Crippen LogP contribution < -0.4 is 0 Å². The van der Waals surface area contributed by atoms with Crippen LogP contribution in [0, 0.1) is 0 Å². The van der Waals surface area contributed by atoms with Crippen molar-refractivity contribution in [1.29, 1.82) is 0 Å². The van der Waals surface area contributed by atoms with E-state index in [0.717, 1.165) is 26.1 Å². The monoisotopic (exact) mass is 332 g/mol. The van der Waals surface area contributed by atoms with Gasteiger partial charge in [0.1, 0.15) is 5.69 Å². The van der Waals surface area contributed by atoms with E-state index in [9.17, 15) is 9.59 Å². The summed E-state index contributed by atoms with van der Waals surface area (Å²) in [5.74, 6) is 0.240. The molecule has 3 heterocycles. The molecule has 2 saturated heterocycles. The molecule has 24 heavy (non-hydrogen) atoms. The van der Waals surface area contributed by atoms with Crippen molar-refractivity contribution in [3.8, 4) is 0 Å². The molecule has 0 aromatic carbocycles. The van der Waals surface area contributed by atoms with E-state index < -0.39 is 0 Å². The first-order valence-electron chi connectivity index (χ1n) is 9.12. The zero-order valence-corrected chi connectivity index (χ0v) is 14.5. The summed E-state index contributed by atoms with van der Waals surface area (Å²) in [6, 6.07) is 3.59. The molecule has 0 radical (unpaired) electrons. The molecule has 1 unspecified atom stereocenters. The Morgan fingerprint density at radius 3 is 2.38 bits per heavy atom. The van der Waals surface area contributed by atoms with Crippen molar-refractivity contribution in [2.75, 3.05) is 39.3 Å². The number of aromatic amines is 1. The van der Waals surface area contributed by atoms with E-state index in [1.54, 1.807) is 12.3 Å². The van der Waals surface area contributed by atoms with Crippen molar-refractivity contribution in [2.45, 2.75) is 38.6 Å². The summed E-state index contributed by atoms with van der Waals surface area (Å²) in [6.07, 6.45) is 6.26. The van der Waals surface area contributed by atoms with Crippen LogP contribution in [0.2, 0.25) is 0 Å². The average molecular weight is 332 g/mol. The summed E-state index contributed by atoms with van der Waals surface area (Å²) < 4.78 is 0. The first kappa shape index (κ1) is 17.0. The second-order valence-electron chi connectivity index (χ2n) is 6.83. The zero-order valence-electron chi connectivity index (χ0n) is 14.5. The van der Waals surface area contributed by atoms with Crippen molar-refractivity contribution < 1.29 is 9.59 Å². The molecule has 1 N–H and O–H groups in total. The van der Waals surface area contributed by atoms with E-state index >= 15 is 0 Å². The molecule has 0 bridgehead atoms. The average Bonchev–Trinajstić information content (AvgIpc) is 3.05. The van der Waals surface area contributed by atoms with Gasteiger partial charge in [0.25, 0.3) is 5.91 Å². The molecular formula is C18H28N4O2. The van der Waals surface area contributed by atoms with E-state index in [2.05, 4.69) is 9.88 Å². The Balaban J connectivity index is 1.56. The number of carbonyl (C=O) groups is 2. The third kappa shape index (κ3) is 3.80. The predicted octanol–water partition coefficient (Wildman–Crippen LogP) is 1.56. The standard InChI is InChI=1S/C18H28N4O2/c1-15(20-9-3-2-4-10-20)17(23)21-11-6-12-22(14-13-21)18(24)16-7-5-8-19-16/h5,7-8,15,19H,2-4,6,9-14H2,1H3. The molecule has 1 atom stereocenters. The van der Waals surface area contributed by atoms with E-state index in [1.807, 2.05) is 22.8 Å². The minimum Gasteiger partial charge on any atom is -0.357 e. The minimum absolute atomic E-state index is 0.0263. The van der Waals surface area contributed by atoms with Gasteiger partial charge in [-0.3, -0.25) is 14.5 Å². The highest BCUT2D eigenvalue weighted by atomic mass is 16.2. The van der Waals surface area contributed by atoms with Gasteiger partial charge in [-0.05, 0) is 51.4 Å². The number of H-pyrrole nitrogens is 1. The lowest BCUT2D eigenvalue weighted by molar-refractivity contribution is -0.136. The smallest absolute Gasteiger partial charge is 0.270 e. The van der Waals surface area contributed by atoms with Crippen LogP contribution in [0.3, 0.4) is 0 Å². The van der Waals surface area contributed by atoms with Gasteiger partial charge in [0, 0.05) is 32.4 Å². The van der Waals surface area contributed by atoms with Crippen molar-refractivity contribution >= 4 is 11.8 Å². The molecule has 6 nitrogen and oxygen atoms in total. The Hall–Kier alpha value is -1.82. The van der Waals surface area contributed by atoms with E-state index in [4.69, 9.17) is 0 Å². The topological polar surface area (TPSA) is 59.7 Å². The molecule has 2 fully saturated rings. The van der Waals surface area contributed by atoms with Crippen LogP contribution in [0.15, 0.2) is 18.3 Å². The number of hydrogen-bond acceptors (Lipinski definition) is 3. The lowest BCUT2D eigenvalue weighted by atomic mass is 10.1. The summed E-state index contributed by atoms with van der Waals surface area (Å²) >= 11 is 0. The predicted molar refractivity (Wildman–Crippen MR) is 92.8 cm³/mol. The van der Waals surface area contributed by atoms with Crippen molar-refractivity contribution in [3.05, 3.63) is 24.0 Å². The lowest BCUT2D eigenvalue weighted by Gasteiger charge is -2.34. The Kier molecular flexibility index (Phi) is 5.56. The van der Waals surface area contributed by atoms with Gasteiger partial charge in [-0.15, -0.1) is 0 Å². The van der Waals surface area contributed by atoms with E-state index in [-0.39, 0.29) is 17.9 Å². The van der Waals surface area contributed by atoms with Crippen LogP contribution in [0.25, 0.3) is 0 Å². The molecule has 2 aliphatic heterocycles. The fourth-order valence-electron chi connectivity index (χ4n) is 3.70. The number of nitrogens with one attached hydrogen (secondary N) is 1. The van der Waals surface area contributed by atoms with E-state index in [1.165, 1.54) is 19.3 Å². The number of piperidine rings is 1. The third-order valence-electron chi connectivity index (χ3n) is 5.22. The minimum atomic E-state index is -0.0454. The Labute approximate surface area is 143 Å². The maximum atomic E-state index is 12.8. The van der Waals surface area contributed by atoms with Gasteiger partial charge in [0.15, 0.2) is 0 Å². The number of aromatic nitrogens is 1. The fourth-order valence-corrected chi connectivity index (χ4v) is 3.70. The summed E-state index contributed by atoms with van der Waals surface area (Å²) in [4.78, 5) is 34.4. The van der Waals surface area contributed by atoms with Crippen LogP contribution in [0.1, 0.15) is 43.1 Å². The molecular weight excluding hydrogens is 304 g/mol. The molecule has 132 valence electrons. The van der Waals surface area contributed by atoms with Crippen molar-refractivity contribution in [1.82, 2.24) is 19.7 Å². The molecule has 1 aromatic heterocycles. The van der Waals surface area contributed by atoms with Gasteiger partial charge >= 0.3 is 0 Å². The Morgan fingerprint density at radius 1 is 0.958 bits per heavy atom. The van der Waals surface area contributed by atoms with Gasteiger partial charge in [-0.2, -0.15) is 0 Å². The first-order chi connectivity index (χ1) is 11.7. The summed E-state index contributed by atoms with van der Waals surface area (Å²) in [7, 11) is 0. The number of carbonyl (C=O) groups excluding carboxylic acids is 2. The Morgan fingerprint density at radius 2 is 1.67 bits per heavy atom. The molecule has 1 aromatic rings. The van der Waals surface area contributed by atoms with Gasteiger partial charge in [-0.25, -0.2) is 0 Å². The normalized spacial score (nSPS) is 21.4. The second kappa shape index (κ2) is 7.83. The van der Waals surface area contributed by atoms with Crippen LogP contribution in [0.4, 0.5) is 0 Å². The van der Waals surface area contributed by atoms with Crippen molar-refractivity contribution in [3.63, 3.8) is 0 Å². The Bertz CT molecular complexity index is 551.